The number of halogens is 1. The van der Waals surface area contributed by atoms with Crippen molar-refractivity contribution in [1.29, 1.82) is 0 Å². The van der Waals surface area contributed by atoms with Gasteiger partial charge in [-0.15, -0.1) is 5.10 Å². The molecule has 0 amide bonds. The molecule has 0 aliphatic heterocycles. The maximum atomic E-state index is 6.21. The van der Waals surface area contributed by atoms with Crippen molar-refractivity contribution < 1.29 is 4.74 Å². The molecule has 0 aliphatic rings. The van der Waals surface area contributed by atoms with Gasteiger partial charge in [0.05, 0.1) is 16.8 Å². The van der Waals surface area contributed by atoms with Crippen molar-refractivity contribution in [3.63, 3.8) is 0 Å². The van der Waals surface area contributed by atoms with Crippen LogP contribution in [0.1, 0.15) is 19.4 Å². The van der Waals surface area contributed by atoms with E-state index in [-0.39, 0.29) is 6.04 Å². The van der Waals surface area contributed by atoms with E-state index in [0.29, 0.717) is 23.1 Å². The minimum absolute atomic E-state index is 0.113. The Morgan fingerprint density at radius 3 is 3.00 bits per heavy atom. The normalized spacial score (nSPS) is 12.6. The molecule has 0 aliphatic carbocycles. The molecule has 1 aromatic carbocycles. The number of hydrogen-bond acceptors (Lipinski definition) is 5. The van der Waals surface area contributed by atoms with Crippen LogP contribution in [0.3, 0.4) is 0 Å². The number of rotatable bonds is 5. The molecule has 0 spiro atoms. The fourth-order valence-electron chi connectivity index (χ4n) is 1.80. The van der Waals surface area contributed by atoms with Gasteiger partial charge >= 0.3 is 0 Å². The van der Waals surface area contributed by atoms with Crippen LogP contribution in [0.25, 0.3) is 11.4 Å². The number of nitrogen functional groups attached to an aromatic ring is 1. The van der Waals surface area contributed by atoms with Gasteiger partial charge < -0.3 is 10.5 Å². The number of nitrogens with zero attached hydrogens (tertiary/aromatic N) is 4. The number of tetrazole rings is 1. The number of methoxy groups -OCH3 is 1. The molecular weight excluding hydrogens is 266 g/mol. The Kier molecular flexibility index (Phi) is 4.34. The van der Waals surface area contributed by atoms with Crippen LogP contribution in [0.4, 0.5) is 5.69 Å². The van der Waals surface area contributed by atoms with Crippen LogP contribution in [0.2, 0.25) is 5.02 Å². The lowest BCUT2D eigenvalue weighted by Gasteiger charge is -2.13. The molecule has 102 valence electrons. The number of ether oxygens (including phenoxy) is 1. The summed E-state index contributed by atoms with van der Waals surface area (Å²) >= 11 is 6.21. The summed E-state index contributed by atoms with van der Waals surface area (Å²) in [4.78, 5) is 0. The van der Waals surface area contributed by atoms with E-state index in [1.807, 2.05) is 19.1 Å². The molecule has 2 aromatic rings. The Hall–Kier alpha value is -1.66. The van der Waals surface area contributed by atoms with Crippen LogP contribution in [-0.4, -0.2) is 33.9 Å². The van der Waals surface area contributed by atoms with Gasteiger partial charge in [0.1, 0.15) is 0 Å². The van der Waals surface area contributed by atoms with Crippen molar-refractivity contribution in [2.45, 2.75) is 19.4 Å². The van der Waals surface area contributed by atoms with Crippen LogP contribution in [0.5, 0.6) is 0 Å². The third-order valence-corrected chi connectivity index (χ3v) is 3.34. The number of aromatic nitrogens is 4. The molecule has 0 saturated carbocycles. The van der Waals surface area contributed by atoms with Gasteiger partial charge in [-0.3, -0.25) is 0 Å². The van der Waals surface area contributed by atoms with E-state index in [0.717, 1.165) is 12.0 Å². The van der Waals surface area contributed by atoms with Gasteiger partial charge in [0, 0.05) is 19.3 Å². The summed E-state index contributed by atoms with van der Waals surface area (Å²) in [6, 6.07) is 5.54. The predicted molar refractivity (Wildman–Crippen MR) is 73.9 cm³/mol. The third-order valence-electron chi connectivity index (χ3n) is 2.92. The van der Waals surface area contributed by atoms with Gasteiger partial charge in [0.25, 0.3) is 0 Å². The topological polar surface area (TPSA) is 78.8 Å². The van der Waals surface area contributed by atoms with E-state index in [9.17, 15) is 0 Å². The molecule has 2 rings (SSSR count). The molecule has 0 radical (unpaired) electrons. The monoisotopic (exact) mass is 281 g/mol. The summed E-state index contributed by atoms with van der Waals surface area (Å²) < 4.78 is 6.81. The fraction of sp³-hybridized carbons (Fsp3) is 0.417. The summed E-state index contributed by atoms with van der Waals surface area (Å²) in [6.07, 6.45) is 0.814. The number of benzene rings is 1. The van der Waals surface area contributed by atoms with Gasteiger partial charge in [0.15, 0.2) is 5.82 Å². The lowest BCUT2D eigenvalue weighted by atomic mass is 10.1. The molecule has 1 atom stereocenters. The standard InChI is InChI=1S/C12H16ClN5O/c1-8(6-7-19-2)18-12(15-16-17-18)9-4-3-5-10(14)11(9)13/h3-5,8H,6-7,14H2,1-2H3. The highest BCUT2D eigenvalue weighted by Gasteiger charge is 2.17. The summed E-state index contributed by atoms with van der Waals surface area (Å²) in [7, 11) is 1.67. The summed E-state index contributed by atoms with van der Waals surface area (Å²) in [5.74, 6) is 0.612. The second-order valence-electron chi connectivity index (χ2n) is 4.29. The zero-order chi connectivity index (χ0) is 13.8. The first-order valence-electron chi connectivity index (χ1n) is 5.96. The summed E-state index contributed by atoms with van der Waals surface area (Å²) in [6.45, 7) is 2.67. The van der Waals surface area contributed by atoms with Crippen LogP contribution in [0, 0.1) is 0 Å². The zero-order valence-electron chi connectivity index (χ0n) is 10.9. The predicted octanol–water partition coefficient (Wildman–Crippen LogP) is 2.17. The van der Waals surface area contributed by atoms with Gasteiger partial charge in [0.2, 0.25) is 0 Å². The average molecular weight is 282 g/mol. The maximum Gasteiger partial charge on any atom is 0.183 e. The van der Waals surface area contributed by atoms with Gasteiger partial charge in [-0.2, -0.15) is 0 Å². The van der Waals surface area contributed by atoms with Gasteiger partial charge in [-0.05, 0) is 35.9 Å². The Morgan fingerprint density at radius 2 is 2.26 bits per heavy atom. The molecule has 1 aromatic heterocycles. The number of hydrogen-bond donors (Lipinski definition) is 1. The largest absolute Gasteiger partial charge is 0.398 e. The Bertz CT molecular complexity index is 557. The minimum atomic E-state index is 0.113. The minimum Gasteiger partial charge on any atom is -0.398 e. The summed E-state index contributed by atoms with van der Waals surface area (Å²) in [5.41, 5.74) is 7.05. The molecule has 0 fully saturated rings. The lowest BCUT2D eigenvalue weighted by Crippen LogP contribution is -2.11. The van der Waals surface area contributed by atoms with Crippen molar-refractivity contribution >= 4 is 17.3 Å². The third kappa shape index (κ3) is 2.85. The van der Waals surface area contributed by atoms with E-state index in [2.05, 4.69) is 15.5 Å². The molecule has 0 bridgehead atoms. The van der Waals surface area contributed by atoms with Crippen molar-refractivity contribution in [2.75, 3.05) is 19.5 Å². The Labute approximate surface area is 116 Å². The average Bonchev–Trinajstić information content (AvgIpc) is 2.88. The highest BCUT2D eigenvalue weighted by atomic mass is 35.5. The van der Waals surface area contributed by atoms with E-state index in [1.54, 1.807) is 17.9 Å². The smallest absolute Gasteiger partial charge is 0.183 e. The second-order valence-corrected chi connectivity index (χ2v) is 4.66. The van der Waals surface area contributed by atoms with Crippen LogP contribution in [0.15, 0.2) is 18.2 Å². The zero-order valence-corrected chi connectivity index (χ0v) is 11.6. The number of nitrogens with two attached hydrogens (primary N) is 1. The number of anilines is 1. The van der Waals surface area contributed by atoms with Crippen molar-refractivity contribution in [2.24, 2.45) is 0 Å². The lowest BCUT2D eigenvalue weighted by molar-refractivity contribution is 0.178. The molecule has 2 N–H and O–H groups in total. The molecule has 6 nitrogen and oxygen atoms in total. The molecule has 1 unspecified atom stereocenters. The second kappa shape index (κ2) is 5.99. The highest BCUT2D eigenvalue weighted by Crippen LogP contribution is 2.31. The van der Waals surface area contributed by atoms with E-state index in [4.69, 9.17) is 22.1 Å². The highest BCUT2D eigenvalue weighted by molar-refractivity contribution is 6.35. The first kappa shape index (κ1) is 13.8. The van der Waals surface area contributed by atoms with E-state index < -0.39 is 0 Å². The van der Waals surface area contributed by atoms with Crippen molar-refractivity contribution in [3.05, 3.63) is 23.2 Å². The van der Waals surface area contributed by atoms with Crippen LogP contribution < -0.4 is 5.73 Å². The van der Waals surface area contributed by atoms with Crippen molar-refractivity contribution in [1.82, 2.24) is 20.2 Å². The molecule has 1 heterocycles. The first-order valence-corrected chi connectivity index (χ1v) is 6.34. The van der Waals surface area contributed by atoms with E-state index >= 15 is 0 Å². The molecule has 7 heteroatoms. The fourth-order valence-corrected chi connectivity index (χ4v) is 2.01. The van der Waals surface area contributed by atoms with E-state index in [1.165, 1.54) is 0 Å². The SMILES string of the molecule is COCCC(C)n1nnnc1-c1cccc(N)c1Cl. The maximum absolute atomic E-state index is 6.21. The van der Waals surface area contributed by atoms with Crippen LogP contribution in [-0.2, 0) is 4.74 Å². The molecular formula is C12H16ClN5O. The summed E-state index contributed by atoms with van der Waals surface area (Å²) in [5, 5.41) is 12.2. The van der Waals surface area contributed by atoms with Crippen LogP contribution >= 0.6 is 11.6 Å². The van der Waals surface area contributed by atoms with Crippen molar-refractivity contribution in [3.8, 4) is 11.4 Å². The van der Waals surface area contributed by atoms with Gasteiger partial charge in [-0.25, -0.2) is 4.68 Å². The molecule has 0 saturated heterocycles. The Balaban J connectivity index is 2.36. The quantitative estimate of drug-likeness (QED) is 0.850. The van der Waals surface area contributed by atoms with Gasteiger partial charge in [-0.1, -0.05) is 17.7 Å². The molecule has 19 heavy (non-hydrogen) atoms. The Morgan fingerprint density at radius 1 is 1.47 bits per heavy atom. The first-order chi connectivity index (χ1) is 9.15.